The molecule has 1 aromatic heterocycles. The van der Waals surface area contributed by atoms with Crippen LogP contribution in [0.25, 0.3) is 22.5 Å². The smallest absolute Gasteiger partial charge is 0.412 e. The predicted molar refractivity (Wildman–Crippen MR) is 141 cm³/mol. The highest BCUT2D eigenvalue weighted by atomic mass is 35.5. The quantitative estimate of drug-likeness (QED) is 0.265. The topological polar surface area (TPSA) is 102 Å². The number of nitrogens with zero attached hydrogens (tertiary/aromatic N) is 1. The van der Waals surface area contributed by atoms with Crippen molar-refractivity contribution in [2.45, 2.75) is 38.2 Å². The lowest BCUT2D eigenvalue weighted by molar-refractivity contribution is -0.140. The van der Waals surface area contributed by atoms with Crippen LogP contribution in [-0.2, 0) is 14.9 Å². The summed E-state index contributed by atoms with van der Waals surface area (Å²) < 4.78 is 11.0. The van der Waals surface area contributed by atoms with E-state index in [9.17, 15) is 14.7 Å². The average molecular weight is 517 g/mol. The van der Waals surface area contributed by atoms with Gasteiger partial charge in [-0.3, -0.25) is 10.1 Å². The van der Waals surface area contributed by atoms with Crippen molar-refractivity contribution in [1.29, 1.82) is 0 Å². The van der Waals surface area contributed by atoms with Gasteiger partial charge in [-0.15, -0.1) is 0 Å². The number of ether oxygens (including phenoxy) is 1. The number of hydrogen-bond acceptors (Lipinski definition) is 5. The van der Waals surface area contributed by atoms with Crippen LogP contribution in [0, 0.1) is 6.92 Å². The summed E-state index contributed by atoms with van der Waals surface area (Å²) in [6, 6.07) is 22.5. The average Bonchev–Trinajstić information content (AvgIpc) is 3.64. The first kappa shape index (κ1) is 24.6. The zero-order valence-corrected chi connectivity index (χ0v) is 21.1. The number of rotatable bonds is 7. The Morgan fingerprint density at radius 3 is 2.19 bits per heavy atom. The normalized spacial score (nSPS) is 14.6. The zero-order valence-electron chi connectivity index (χ0n) is 20.3. The number of anilines is 1. The monoisotopic (exact) mass is 516 g/mol. The highest BCUT2D eigenvalue weighted by molar-refractivity contribution is 6.31. The van der Waals surface area contributed by atoms with Crippen LogP contribution in [0.15, 0.2) is 77.3 Å². The second-order valence-corrected chi connectivity index (χ2v) is 9.62. The van der Waals surface area contributed by atoms with Gasteiger partial charge in [0, 0.05) is 16.1 Å². The largest absolute Gasteiger partial charge is 0.481 e. The van der Waals surface area contributed by atoms with Crippen LogP contribution in [-0.4, -0.2) is 22.3 Å². The highest BCUT2D eigenvalue weighted by Gasteiger charge is 2.51. The SMILES string of the molecule is Cc1noc(-c2ccc(-c3ccc(C4(C(=O)O)CC4)cc3)cc2)c1NC(=O)OC(C)c1ccccc1Cl. The van der Waals surface area contributed by atoms with Crippen molar-refractivity contribution in [3.05, 3.63) is 94.6 Å². The number of aryl methyl sites for hydroxylation is 1. The van der Waals surface area contributed by atoms with E-state index in [1.165, 1.54) is 0 Å². The molecule has 4 aromatic rings. The first-order valence-electron chi connectivity index (χ1n) is 11.9. The molecule has 0 spiro atoms. The van der Waals surface area contributed by atoms with Gasteiger partial charge < -0.3 is 14.4 Å². The van der Waals surface area contributed by atoms with E-state index in [-0.39, 0.29) is 0 Å². The van der Waals surface area contributed by atoms with Crippen LogP contribution in [0.5, 0.6) is 0 Å². The van der Waals surface area contributed by atoms with Crippen molar-refractivity contribution in [2.75, 3.05) is 5.32 Å². The number of carboxylic acid groups (broad SMARTS) is 1. The van der Waals surface area contributed by atoms with Gasteiger partial charge in [0.2, 0.25) is 0 Å². The van der Waals surface area contributed by atoms with E-state index in [1.807, 2.05) is 66.7 Å². The number of nitrogens with one attached hydrogen (secondary N) is 1. The number of aromatic nitrogens is 1. The molecule has 1 atom stereocenters. The van der Waals surface area contributed by atoms with Crippen LogP contribution in [0.1, 0.15) is 42.7 Å². The lowest BCUT2D eigenvalue weighted by Crippen LogP contribution is -2.19. The molecule has 0 bridgehead atoms. The van der Waals surface area contributed by atoms with Crippen molar-refractivity contribution < 1.29 is 24.0 Å². The van der Waals surface area contributed by atoms with Gasteiger partial charge in [-0.1, -0.05) is 83.5 Å². The maximum absolute atomic E-state index is 12.6. The number of aliphatic carboxylic acids is 1. The number of halogens is 1. The fraction of sp³-hybridized carbons (Fsp3) is 0.207. The third kappa shape index (κ3) is 4.82. The fourth-order valence-corrected chi connectivity index (χ4v) is 4.71. The van der Waals surface area contributed by atoms with Gasteiger partial charge in [-0.2, -0.15) is 0 Å². The summed E-state index contributed by atoms with van der Waals surface area (Å²) >= 11 is 6.22. The summed E-state index contributed by atoms with van der Waals surface area (Å²) in [4.78, 5) is 24.2. The molecule has 0 saturated heterocycles. The minimum Gasteiger partial charge on any atom is -0.481 e. The summed E-state index contributed by atoms with van der Waals surface area (Å²) in [6.07, 6.45) is 0.158. The molecular formula is C29H25ClN2O5. The minimum absolute atomic E-state index is 0.416. The number of benzene rings is 3. The Labute approximate surface area is 219 Å². The molecule has 1 unspecified atom stereocenters. The number of amides is 1. The molecule has 1 aliphatic carbocycles. The molecule has 0 radical (unpaired) electrons. The first-order valence-corrected chi connectivity index (χ1v) is 12.3. The summed E-state index contributed by atoms with van der Waals surface area (Å²) in [6.45, 7) is 3.49. The lowest BCUT2D eigenvalue weighted by atomic mass is 9.93. The third-order valence-corrected chi connectivity index (χ3v) is 7.14. The zero-order chi connectivity index (χ0) is 26.2. The van der Waals surface area contributed by atoms with Crippen LogP contribution in [0.2, 0.25) is 5.02 Å². The van der Waals surface area contributed by atoms with Crippen molar-refractivity contribution in [1.82, 2.24) is 5.16 Å². The molecule has 7 nitrogen and oxygen atoms in total. The summed E-state index contributed by atoms with van der Waals surface area (Å²) in [5, 5.41) is 16.8. The standard InChI is InChI=1S/C29H25ClN2O5/c1-17-25(31-28(35)36-18(2)23-5-3-4-6-24(23)30)26(37-32-17)21-9-7-19(8-10-21)20-11-13-22(14-12-20)29(15-16-29)27(33)34/h3-14,18H,15-16H2,1-2H3,(H,31,35)(H,33,34). The Hall–Kier alpha value is -4.10. The van der Waals surface area contributed by atoms with Gasteiger partial charge in [0.05, 0.1) is 5.41 Å². The molecule has 5 rings (SSSR count). The third-order valence-electron chi connectivity index (χ3n) is 6.79. The molecule has 8 heteroatoms. The van der Waals surface area contributed by atoms with Crippen molar-refractivity contribution in [3.63, 3.8) is 0 Å². The second kappa shape index (κ2) is 9.75. The Kier molecular flexibility index (Phi) is 6.48. The summed E-state index contributed by atoms with van der Waals surface area (Å²) in [5.74, 6) is -0.350. The molecule has 1 amide bonds. The van der Waals surface area contributed by atoms with Gasteiger partial charge in [-0.25, -0.2) is 4.79 Å². The molecular weight excluding hydrogens is 492 g/mol. The predicted octanol–water partition coefficient (Wildman–Crippen LogP) is 7.40. The molecule has 3 aromatic carbocycles. The Bertz CT molecular complexity index is 1460. The molecule has 188 valence electrons. The van der Waals surface area contributed by atoms with E-state index in [0.29, 0.717) is 40.6 Å². The Balaban J connectivity index is 1.30. The number of hydrogen-bond donors (Lipinski definition) is 2. The summed E-state index contributed by atoms with van der Waals surface area (Å²) in [5.41, 5.74) is 4.45. The van der Waals surface area contributed by atoms with Gasteiger partial charge in [0.25, 0.3) is 0 Å². The summed E-state index contributed by atoms with van der Waals surface area (Å²) in [7, 11) is 0. The van der Waals surface area contributed by atoms with Crippen molar-refractivity contribution >= 4 is 29.4 Å². The molecule has 1 heterocycles. The molecule has 1 aliphatic rings. The van der Waals surface area contributed by atoms with E-state index < -0.39 is 23.6 Å². The molecule has 1 saturated carbocycles. The van der Waals surface area contributed by atoms with E-state index in [4.69, 9.17) is 20.9 Å². The van der Waals surface area contributed by atoms with E-state index in [2.05, 4.69) is 10.5 Å². The number of carbonyl (C=O) groups is 2. The molecule has 1 fully saturated rings. The van der Waals surface area contributed by atoms with Gasteiger partial charge >= 0.3 is 12.1 Å². The van der Waals surface area contributed by atoms with Crippen molar-refractivity contribution in [2.24, 2.45) is 0 Å². The van der Waals surface area contributed by atoms with Crippen LogP contribution in [0.4, 0.5) is 10.5 Å². The minimum atomic E-state index is -0.765. The van der Waals surface area contributed by atoms with E-state index >= 15 is 0 Å². The fourth-order valence-electron chi connectivity index (χ4n) is 4.42. The lowest BCUT2D eigenvalue weighted by Gasteiger charge is -2.15. The van der Waals surface area contributed by atoms with Crippen LogP contribution < -0.4 is 5.32 Å². The highest BCUT2D eigenvalue weighted by Crippen LogP contribution is 2.48. The Morgan fingerprint density at radius 1 is 1.00 bits per heavy atom. The second-order valence-electron chi connectivity index (χ2n) is 9.21. The number of carboxylic acids is 1. The van der Waals surface area contributed by atoms with Crippen LogP contribution >= 0.6 is 11.6 Å². The van der Waals surface area contributed by atoms with E-state index in [0.717, 1.165) is 22.3 Å². The first-order chi connectivity index (χ1) is 17.8. The van der Waals surface area contributed by atoms with Crippen molar-refractivity contribution in [3.8, 4) is 22.5 Å². The Morgan fingerprint density at radius 2 is 1.59 bits per heavy atom. The van der Waals surface area contributed by atoms with Gasteiger partial charge in [-0.05, 0) is 49.4 Å². The van der Waals surface area contributed by atoms with E-state index in [1.54, 1.807) is 19.9 Å². The van der Waals surface area contributed by atoms with Crippen LogP contribution in [0.3, 0.4) is 0 Å². The molecule has 37 heavy (non-hydrogen) atoms. The van der Waals surface area contributed by atoms with Gasteiger partial charge in [0.1, 0.15) is 17.5 Å². The van der Waals surface area contributed by atoms with Gasteiger partial charge in [0.15, 0.2) is 5.76 Å². The molecule has 2 N–H and O–H groups in total. The maximum Gasteiger partial charge on any atom is 0.412 e. The molecule has 0 aliphatic heterocycles. The maximum atomic E-state index is 12.6. The number of carbonyl (C=O) groups excluding carboxylic acids is 1.